The number of carbonyl (C=O) groups excluding carboxylic acids is 1. The first-order valence-electron chi connectivity index (χ1n) is 8.12. The minimum atomic E-state index is -0.275. The average molecular weight is 313 g/mol. The van der Waals surface area contributed by atoms with Crippen molar-refractivity contribution in [2.24, 2.45) is 11.7 Å². The lowest BCUT2D eigenvalue weighted by molar-refractivity contribution is -0.123. The number of aryl methyl sites for hydroxylation is 1. The monoisotopic (exact) mass is 313 g/mol. The number of nitrogens with zero attached hydrogens (tertiary/aromatic N) is 1. The summed E-state index contributed by atoms with van der Waals surface area (Å²) in [5.41, 5.74) is 6.54. The van der Waals surface area contributed by atoms with Crippen LogP contribution < -0.4 is 11.1 Å². The van der Waals surface area contributed by atoms with Crippen molar-refractivity contribution in [3.8, 4) is 11.3 Å². The van der Waals surface area contributed by atoms with Crippen LogP contribution in [0, 0.1) is 5.92 Å². The molecule has 1 aromatic carbocycles. The second-order valence-electron chi connectivity index (χ2n) is 6.43. The first kappa shape index (κ1) is 15.7. The lowest BCUT2D eigenvalue weighted by Crippen LogP contribution is -2.53. The minimum Gasteiger partial charge on any atom is -0.441 e. The van der Waals surface area contributed by atoms with E-state index in [1.165, 1.54) is 0 Å². The zero-order chi connectivity index (χ0) is 16.3. The molecule has 1 heterocycles. The van der Waals surface area contributed by atoms with Gasteiger partial charge in [-0.05, 0) is 25.7 Å². The van der Waals surface area contributed by atoms with Crippen LogP contribution in [0.25, 0.3) is 11.3 Å². The van der Waals surface area contributed by atoms with Crippen molar-refractivity contribution in [2.45, 2.75) is 38.1 Å². The Kier molecular flexibility index (Phi) is 4.48. The van der Waals surface area contributed by atoms with E-state index in [0.717, 1.165) is 24.2 Å². The summed E-state index contributed by atoms with van der Waals surface area (Å²) >= 11 is 0. The summed E-state index contributed by atoms with van der Waals surface area (Å²) in [4.78, 5) is 16.4. The molecule has 1 unspecified atom stereocenters. The quantitative estimate of drug-likeness (QED) is 0.823. The fraction of sp³-hybridized carbons (Fsp3) is 0.444. The maximum Gasteiger partial charge on any atom is 0.220 e. The number of oxazole rings is 1. The van der Waals surface area contributed by atoms with Crippen LogP contribution in [-0.4, -0.2) is 23.0 Å². The van der Waals surface area contributed by atoms with Crippen LogP contribution in [0.2, 0.25) is 0 Å². The van der Waals surface area contributed by atoms with Crippen LogP contribution in [-0.2, 0) is 11.2 Å². The molecule has 3 N–H and O–H groups in total. The zero-order valence-electron chi connectivity index (χ0n) is 13.4. The van der Waals surface area contributed by atoms with Gasteiger partial charge in [0.15, 0.2) is 11.7 Å². The van der Waals surface area contributed by atoms with Gasteiger partial charge in [-0.2, -0.15) is 0 Å². The van der Waals surface area contributed by atoms with Gasteiger partial charge in [0.05, 0.1) is 11.7 Å². The van der Waals surface area contributed by atoms with Crippen molar-refractivity contribution < 1.29 is 9.21 Å². The minimum absolute atomic E-state index is 0.00399. The van der Waals surface area contributed by atoms with Crippen molar-refractivity contribution in [2.75, 3.05) is 6.54 Å². The fourth-order valence-electron chi connectivity index (χ4n) is 2.80. The van der Waals surface area contributed by atoms with E-state index < -0.39 is 0 Å². The van der Waals surface area contributed by atoms with Crippen LogP contribution in [0.15, 0.2) is 40.9 Å². The highest BCUT2D eigenvalue weighted by molar-refractivity contribution is 5.77. The zero-order valence-corrected chi connectivity index (χ0v) is 13.4. The van der Waals surface area contributed by atoms with Crippen LogP contribution in [0.4, 0.5) is 0 Å². The summed E-state index contributed by atoms with van der Waals surface area (Å²) in [5.74, 6) is 1.83. The topological polar surface area (TPSA) is 81.1 Å². The van der Waals surface area contributed by atoms with Gasteiger partial charge in [-0.3, -0.25) is 4.79 Å². The number of hydrogen-bond donors (Lipinski definition) is 2. The van der Waals surface area contributed by atoms with E-state index in [-0.39, 0.29) is 11.4 Å². The highest BCUT2D eigenvalue weighted by Crippen LogP contribution is 2.39. The second kappa shape index (κ2) is 6.54. The molecular weight excluding hydrogens is 290 g/mol. The second-order valence-corrected chi connectivity index (χ2v) is 6.43. The molecule has 3 rings (SSSR count). The molecule has 0 radical (unpaired) electrons. The Morgan fingerprint density at radius 3 is 2.78 bits per heavy atom. The summed E-state index contributed by atoms with van der Waals surface area (Å²) in [5, 5.41) is 3.08. The van der Waals surface area contributed by atoms with E-state index in [2.05, 4.69) is 10.3 Å². The molecule has 5 heteroatoms. The van der Waals surface area contributed by atoms with Crippen molar-refractivity contribution in [1.82, 2.24) is 10.3 Å². The van der Waals surface area contributed by atoms with Gasteiger partial charge in [0.2, 0.25) is 5.91 Å². The molecule has 23 heavy (non-hydrogen) atoms. The van der Waals surface area contributed by atoms with Gasteiger partial charge in [0, 0.05) is 24.9 Å². The third-order valence-corrected chi connectivity index (χ3v) is 4.51. The maximum atomic E-state index is 12.2. The number of rotatable bonds is 7. The third-order valence-electron chi connectivity index (χ3n) is 4.51. The Morgan fingerprint density at radius 1 is 1.39 bits per heavy atom. The van der Waals surface area contributed by atoms with Crippen LogP contribution in [0.5, 0.6) is 0 Å². The average Bonchev–Trinajstić information content (AvgIpc) is 3.33. The molecule has 0 bridgehead atoms. The summed E-state index contributed by atoms with van der Waals surface area (Å²) < 4.78 is 5.72. The molecule has 1 saturated carbocycles. The van der Waals surface area contributed by atoms with Gasteiger partial charge >= 0.3 is 0 Å². The van der Waals surface area contributed by atoms with Crippen molar-refractivity contribution >= 4 is 5.91 Å². The van der Waals surface area contributed by atoms with Gasteiger partial charge in [-0.25, -0.2) is 4.98 Å². The normalized spacial score (nSPS) is 16.8. The largest absolute Gasteiger partial charge is 0.441 e. The van der Waals surface area contributed by atoms with Gasteiger partial charge in [-0.15, -0.1) is 0 Å². The molecule has 5 nitrogen and oxygen atoms in total. The number of nitrogens with two attached hydrogens (primary N) is 1. The molecule has 0 spiro atoms. The highest BCUT2D eigenvalue weighted by atomic mass is 16.4. The first-order valence-corrected chi connectivity index (χ1v) is 8.12. The lowest BCUT2D eigenvalue weighted by Gasteiger charge is -2.29. The molecule has 1 fully saturated rings. The molecule has 0 aliphatic heterocycles. The van der Waals surface area contributed by atoms with Crippen LogP contribution in [0.3, 0.4) is 0 Å². The molecule has 1 aliphatic carbocycles. The molecule has 0 saturated heterocycles. The van der Waals surface area contributed by atoms with E-state index in [4.69, 9.17) is 10.2 Å². The van der Waals surface area contributed by atoms with Crippen LogP contribution >= 0.6 is 0 Å². The van der Waals surface area contributed by atoms with Gasteiger partial charge in [0.1, 0.15) is 0 Å². The molecule has 1 aliphatic rings. The SMILES string of the molecule is CC(CN)(NC(=O)CCc1ncc(-c2ccccc2)o1)C1CC1. The van der Waals surface area contributed by atoms with Crippen molar-refractivity contribution in [3.63, 3.8) is 0 Å². The van der Waals surface area contributed by atoms with Gasteiger partial charge in [0.25, 0.3) is 0 Å². The third kappa shape index (κ3) is 3.79. The lowest BCUT2D eigenvalue weighted by atomic mass is 9.95. The predicted molar refractivity (Wildman–Crippen MR) is 88.6 cm³/mol. The summed E-state index contributed by atoms with van der Waals surface area (Å²) in [6.45, 7) is 2.50. The number of nitrogens with one attached hydrogen (secondary N) is 1. The maximum absolute atomic E-state index is 12.2. The molecule has 1 amide bonds. The smallest absolute Gasteiger partial charge is 0.220 e. The Morgan fingerprint density at radius 2 is 2.13 bits per heavy atom. The number of carbonyl (C=O) groups is 1. The summed E-state index contributed by atoms with van der Waals surface area (Å²) in [6.07, 6.45) is 4.85. The molecule has 2 aromatic rings. The van der Waals surface area contributed by atoms with E-state index in [9.17, 15) is 4.79 Å². The van der Waals surface area contributed by atoms with Gasteiger partial charge < -0.3 is 15.5 Å². The number of benzene rings is 1. The van der Waals surface area contributed by atoms with E-state index >= 15 is 0 Å². The van der Waals surface area contributed by atoms with Crippen molar-refractivity contribution in [3.05, 3.63) is 42.4 Å². The Bertz CT molecular complexity index is 664. The van der Waals surface area contributed by atoms with Gasteiger partial charge in [-0.1, -0.05) is 30.3 Å². The van der Waals surface area contributed by atoms with E-state index in [1.807, 2.05) is 37.3 Å². The molecular formula is C18H23N3O2. The Hall–Kier alpha value is -2.14. The predicted octanol–water partition coefficient (Wildman–Crippen LogP) is 2.52. The van der Waals surface area contributed by atoms with Crippen LogP contribution in [0.1, 0.15) is 32.1 Å². The fourth-order valence-corrected chi connectivity index (χ4v) is 2.80. The number of amides is 1. The number of hydrogen-bond acceptors (Lipinski definition) is 4. The van der Waals surface area contributed by atoms with E-state index in [1.54, 1.807) is 6.20 Å². The number of aromatic nitrogens is 1. The van der Waals surface area contributed by atoms with Crippen molar-refractivity contribution in [1.29, 1.82) is 0 Å². The molecule has 1 atom stereocenters. The summed E-state index contributed by atoms with van der Waals surface area (Å²) in [7, 11) is 0. The first-order chi connectivity index (χ1) is 11.1. The molecule has 1 aromatic heterocycles. The highest BCUT2D eigenvalue weighted by Gasteiger charge is 2.41. The standard InChI is InChI=1S/C18H23N3O2/c1-18(12-19,14-7-8-14)21-16(22)9-10-17-20-11-15(23-17)13-5-3-2-4-6-13/h2-6,11,14H,7-10,12,19H2,1H3,(H,21,22). The Labute approximate surface area is 136 Å². The van der Waals surface area contributed by atoms with E-state index in [0.29, 0.717) is 31.2 Å². The molecule has 122 valence electrons. The Balaban J connectivity index is 1.54. The summed E-state index contributed by atoms with van der Waals surface area (Å²) in [6, 6.07) is 9.81.